The zero-order valence-electron chi connectivity index (χ0n) is 15.1. The summed E-state index contributed by atoms with van der Waals surface area (Å²) in [4.78, 5) is 24.8. The maximum absolute atomic E-state index is 13.2. The summed E-state index contributed by atoms with van der Waals surface area (Å²) in [5, 5.41) is 5.95. The van der Waals surface area contributed by atoms with Crippen LogP contribution in [0, 0.1) is 11.7 Å². The molecule has 0 aliphatic heterocycles. The lowest BCUT2D eigenvalue weighted by molar-refractivity contribution is -0.130. The first-order valence-electron chi connectivity index (χ1n) is 9.51. The molecule has 0 saturated heterocycles. The minimum Gasteiger partial charge on any atom is -0.351 e. The van der Waals surface area contributed by atoms with Crippen molar-refractivity contribution in [3.63, 3.8) is 0 Å². The number of anilines is 1. The van der Waals surface area contributed by atoms with E-state index in [2.05, 4.69) is 10.6 Å². The molecule has 2 amide bonds. The van der Waals surface area contributed by atoms with E-state index in [4.69, 9.17) is 0 Å². The van der Waals surface area contributed by atoms with Gasteiger partial charge in [-0.05, 0) is 61.1 Å². The minimum atomic E-state index is -0.550. The van der Waals surface area contributed by atoms with Gasteiger partial charge in [0.1, 0.15) is 5.82 Å². The van der Waals surface area contributed by atoms with E-state index in [0.717, 1.165) is 48.9 Å². The quantitative estimate of drug-likeness (QED) is 0.814. The van der Waals surface area contributed by atoms with Crippen molar-refractivity contribution >= 4 is 17.5 Å². The molecule has 0 atom stereocenters. The van der Waals surface area contributed by atoms with Crippen LogP contribution in [0.5, 0.6) is 0 Å². The van der Waals surface area contributed by atoms with Gasteiger partial charge >= 0.3 is 0 Å². The molecule has 2 aliphatic rings. The van der Waals surface area contributed by atoms with Crippen molar-refractivity contribution in [2.45, 2.75) is 44.1 Å². The van der Waals surface area contributed by atoms with E-state index in [9.17, 15) is 14.0 Å². The Bertz CT molecular complexity index is 855. The van der Waals surface area contributed by atoms with Gasteiger partial charge in [-0.2, -0.15) is 0 Å². The monoisotopic (exact) mass is 366 g/mol. The number of rotatable bonds is 6. The Balaban J connectivity index is 1.41. The third-order valence-electron chi connectivity index (χ3n) is 5.63. The number of hydrogen-bond donors (Lipinski definition) is 2. The molecule has 0 radical (unpaired) electrons. The highest BCUT2D eigenvalue weighted by Gasteiger charge is 2.45. The van der Waals surface area contributed by atoms with Gasteiger partial charge in [0, 0.05) is 18.2 Å². The highest BCUT2D eigenvalue weighted by Crippen LogP contribution is 2.44. The Morgan fingerprint density at radius 1 is 1.07 bits per heavy atom. The van der Waals surface area contributed by atoms with E-state index in [1.54, 1.807) is 12.1 Å². The van der Waals surface area contributed by atoms with E-state index in [-0.39, 0.29) is 23.5 Å². The molecule has 27 heavy (non-hydrogen) atoms. The predicted molar refractivity (Wildman–Crippen MR) is 102 cm³/mol. The molecule has 4 nitrogen and oxygen atoms in total. The van der Waals surface area contributed by atoms with Crippen molar-refractivity contribution in [3.05, 3.63) is 65.5 Å². The Morgan fingerprint density at radius 3 is 2.44 bits per heavy atom. The molecule has 0 bridgehead atoms. The standard InChI is InChI=1S/C22H23FN2O2/c23-18-9-7-17(8-10-18)22(11-2-12-22)21(27)24-14-15-3-1-4-19(13-15)25-20(26)16-5-6-16/h1,3-4,7-10,13,16H,2,5-6,11-12,14H2,(H,24,27)(H,25,26). The van der Waals surface area contributed by atoms with E-state index in [0.29, 0.717) is 6.54 Å². The van der Waals surface area contributed by atoms with Gasteiger partial charge < -0.3 is 10.6 Å². The van der Waals surface area contributed by atoms with Gasteiger partial charge in [0.15, 0.2) is 0 Å². The maximum Gasteiger partial charge on any atom is 0.230 e. The van der Waals surface area contributed by atoms with Gasteiger partial charge in [-0.1, -0.05) is 30.7 Å². The highest BCUT2D eigenvalue weighted by atomic mass is 19.1. The number of benzene rings is 2. The number of nitrogens with one attached hydrogen (secondary N) is 2. The fourth-order valence-electron chi connectivity index (χ4n) is 3.65. The maximum atomic E-state index is 13.2. The van der Waals surface area contributed by atoms with Crippen molar-refractivity contribution in [2.75, 3.05) is 5.32 Å². The molecule has 0 spiro atoms. The molecule has 2 saturated carbocycles. The summed E-state index contributed by atoms with van der Waals surface area (Å²) in [7, 11) is 0. The highest BCUT2D eigenvalue weighted by molar-refractivity contribution is 5.94. The molecule has 2 aromatic carbocycles. The van der Waals surface area contributed by atoms with Crippen molar-refractivity contribution in [2.24, 2.45) is 5.92 Å². The molecule has 2 aromatic rings. The molecule has 140 valence electrons. The van der Waals surface area contributed by atoms with E-state index in [1.165, 1.54) is 12.1 Å². The van der Waals surface area contributed by atoms with Crippen LogP contribution in [-0.4, -0.2) is 11.8 Å². The van der Waals surface area contributed by atoms with Gasteiger partial charge in [-0.25, -0.2) is 4.39 Å². The van der Waals surface area contributed by atoms with Crippen LogP contribution in [0.15, 0.2) is 48.5 Å². The zero-order valence-corrected chi connectivity index (χ0v) is 15.1. The van der Waals surface area contributed by atoms with Crippen molar-refractivity contribution in [1.29, 1.82) is 0 Å². The summed E-state index contributed by atoms with van der Waals surface area (Å²) in [5.74, 6) is -0.0880. The third-order valence-corrected chi connectivity index (χ3v) is 5.63. The molecule has 0 aromatic heterocycles. The molecule has 5 heteroatoms. The average molecular weight is 366 g/mol. The normalized spacial score (nSPS) is 17.7. The first-order chi connectivity index (χ1) is 13.1. The van der Waals surface area contributed by atoms with Crippen LogP contribution in [0.25, 0.3) is 0 Å². The van der Waals surface area contributed by atoms with E-state index < -0.39 is 5.41 Å². The first-order valence-corrected chi connectivity index (χ1v) is 9.51. The topological polar surface area (TPSA) is 58.2 Å². The van der Waals surface area contributed by atoms with Gasteiger partial charge in [0.2, 0.25) is 11.8 Å². The summed E-state index contributed by atoms with van der Waals surface area (Å²) in [6.45, 7) is 0.398. The van der Waals surface area contributed by atoms with Crippen LogP contribution < -0.4 is 10.6 Å². The van der Waals surface area contributed by atoms with Crippen LogP contribution in [-0.2, 0) is 21.5 Å². The van der Waals surface area contributed by atoms with Gasteiger partial charge in [-0.3, -0.25) is 9.59 Å². The smallest absolute Gasteiger partial charge is 0.230 e. The number of hydrogen-bond acceptors (Lipinski definition) is 2. The summed E-state index contributed by atoms with van der Waals surface area (Å²) in [6, 6.07) is 13.8. The molecular weight excluding hydrogens is 343 g/mol. The Morgan fingerprint density at radius 2 is 1.81 bits per heavy atom. The third kappa shape index (κ3) is 3.72. The second kappa shape index (κ2) is 7.14. The summed E-state index contributed by atoms with van der Waals surface area (Å²) >= 11 is 0. The summed E-state index contributed by atoms with van der Waals surface area (Å²) < 4.78 is 13.2. The molecular formula is C22H23FN2O2. The number of carbonyl (C=O) groups is 2. The largest absolute Gasteiger partial charge is 0.351 e. The van der Waals surface area contributed by atoms with Crippen molar-refractivity contribution in [1.82, 2.24) is 5.32 Å². The number of halogens is 1. The lowest BCUT2D eigenvalue weighted by Gasteiger charge is -2.40. The molecule has 2 N–H and O–H groups in total. The van der Waals surface area contributed by atoms with Gasteiger partial charge in [-0.15, -0.1) is 0 Å². The SMILES string of the molecule is O=C(Nc1cccc(CNC(=O)C2(c3ccc(F)cc3)CCC2)c1)C1CC1. The Kier molecular flexibility index (Phi) is 4.68. The predicted octanol–water partition coefficient (Wildman–Crippen LogP) is 3.91. The molecule has 2 aliphatic carbocycles. The van der Waals surface area contributed by atoms with E-state index >= 15 is 0 Å². The average Bonchev–Trinajstić information content (AvgIpc) is 3.46. The first kappa shape index (κ1) is 17.7. The van der Waals surface area contributed by atoms with E-state index in [1.807, 2.05) is 24.3 Å². The lowest BCUT2D eigenvalue weighted by atomic mass is 9.64. The zero-order chi connectivity index (χ0) is 18.9. The number of amides is 2. The molecule has 0 unspecified atom stereocenters. The minimum absolute atomic E-state index is 0.0206. The fourth-order valence-corrected chi connectivity index (χ4v) is 3.65. The molecule has 0 heterocycles. The number of carbonyl (C=O) groups excluding carboxylic acids is 2. The molecule has 4 rings (SSSR count). The second-order valence-electron chi connectivity index (χ2n) is 7.59. The van der Waals surface area contributed by atoms with Crippen molar-refractivity contribution in [3.8, 4) is 0 Å². The summed E-state index contributed by atoms with van der Waals surface area (Å²) in [5.41, 5.74) is 2.02. The van der Waals surface area contributed by atoms with Crippen molar-refractivity contribution < 1.29 is 14.0 Å². The van der Waals surface area contributed by atoms with Crippen LogP contribution in [0.2, 0.25) is 0 Å². The van der Waals surface area contributed by atoms with Gasteiger partial charge in [0.05, 0.1) is 5.41 Å². The Labute approximate surface area is 158 Å². The summed E-state index contributed by atoms with van der Waals surface area (Å²) in [6.07, 6.45) is 4.48. The van der Waals surface area contributed by atoms with Crippen LogP contribution >= 0.6 is 0 Å². The fraction of sp³-hybridized carbons (Fsp3) is 0.364. The molecule has 2 fully saturated rings. The second-order valence-corrected chi connectivity index (χ2v) is 7.59. The lowest BCUT2D eigenvalue weighted by Crippen LogP contribution is -2.49. The Hall–Kier alpha value is -2.69. The van der Waals surface area contributed by atoms with Crippen LogP contribution in [0.4, 0.5) is 10.1 Å². The van der Waals surface area contributed by atoms with Gasteiger partial charge in [0.25, 0.3) is 0 Å². The van der Waals surface area contributed by atoms with Crippen LogP contribution in [0.3, 0.4) is 0 Å². The van der Waals surface area contributed by atoms with Crippen LogP contribution in [0.1, 0.15) is 43.2 Å².